The molecule has 0 radical (unpaired) electrons. The first-order valence-corrected chi connectivity index (χ1v) is 8.89. The Morgan fingerprint density at radius 1 is 1.12 bits per heavy atom. The van der Waals surface area contributed by atoms with Gasteiger partial charge < -0.3 is 10.1 Å². The van der Waals surface area contributed by atoms with Gasteiger partial charge in [0.1, 0.15) is 0 Å². The maximum atomic E-state index is 12.2. The molecule has 5 nitrogen and oxygen atoms in total. The van der Waals surface area contributed by atoms with Crippen molar-refractivity contribution in [2.24, 2.45) is 0 Å². The average Bonchev–Trinajstić information content (AvgIpc) is 2.67. The lowest BCUT2D eigenvalue weighted by Crippen LogP contribution is -2.48. The maximum absolute atomic E-state index is 12.2. The number of amides is 1. The number of ether oxygens (including phenoxy) is 1. The molecule has 0 bridgehead atoms. The summed E-state index contributed by atoms with van der Waals surface area (Å²) in [4.78, 5) is 26.6. The third-order valence-electron chi connectivity index (χ3n) is 4.48. The van der Waals surface area contributed by atoms with Crippen LogP contribution in [0.3, 0.4) is 0 Å². The summed E-state index contributed by atoms with van der Waals surface area (Å²) in [5, 5.41) is 2.71. The summed E-state index contributed by atoms with van der Waals surface area (Å²) < 4.78 is 5.73. The van der Waals surface area contributed by atoms with Gasteiger partial charge in [0.2, 0.25) is 5.78 Å². The van der Waals surface area contributed by atoms with E-state index in [0.717, 1.165) is 25.2 Å². The van der Waals surface area contributed by atoms with Crippen LogP contribution in [-0.2, 0) is 16.1 Å². The molecule has 1 aliphatic rings. The number of benzene rings is 2. The number of ketones is 1. The number of aryl methyl sites for hydroxylation is 1. The number of morpholine rings is 1. The van der Waals surface area contributed by atoms with Crippen LogP contribution in [0, 0.1) is 6.92 Å². The van der Waals surface area contributed by atoms with Crippen molar-refractivity contribution in [2.75, 3.05) is 26.2 Å². The van der Waals surface area contributed by atoms with E-state index in [1.54, 1.807) is 12.1 Å². The van der Waals surface area contributed by atoms with E-state index in [1.165, 1.54) is 5.56 Å². The number of hydrogen-bond acceptors (Lipinski definition) is 4. The minimum Gasteiger partial charge on any atom is -0.374 e. The summed E-state index contributed by atoms with van der Waals surface area (Å²) in [5.74, 6) is -1.10. The Balaban J connectivity index is 1.48. The van der Waals surface area contributed by atoms with E-state index in [1.807, 2.05) is 37.3 Å². The fraction of sp³-hybridized carbons (Fsp3) is 0.333. The van der Waals surface area contributed by atoms with Crippen molar-refractivity contribution in [3.63, 3.8) is 0 Å². The fourth-order valence-electron chi connectivity index (χ4n) is 3.01. The second-order valence-electron chi connectivity index (χ2n) is 6.62. The predicted octanol–water partition coefficient (Wildman–Crippen LogP) is 2.19. The molecule has 1 heterocycles. The second-order valence-corrected chi connectivity index (χ2v) is 6.62. The minimum absolute atomic E-state index is 0.109. The molecular weight excluding hydrogens is 328 g/mol. The zero-order chi connectivity index (χ0) is 18.4. The van der Waals surface area contributed by atoms with Crippen LogP contribution in [0.4, 0.5) is 0 Å². The van der Waals surface area contributed by atoms with Gasteiger partial charge >= 0.3 is 0 Å². The quantitative estimate of drug-likeness (QED) is 0.640. The zero-order valence-corrected chi connectivity index (χ0v) is 15.0. The molecule has 2 aromatic rings. The van der Waals surface area contributed by atoms with E-state index >= 15 is 0 Å². The van der Waals surface area contributed by atoms with Crippen LogP contribution in [0.1, 0.15) is 21.5 Å². The van der Waals surface area contributed by atoms with Crippen LogP contribution in [0.5, 0.6) is 0 Å². The Bertz CT molecular complexity index is 744. The van der Waals surface area contributed by atoms with Crippen LogP contribution < -0.4 is 5.32 Å². The third-order valence-corrected chi connectivity index (χ3v) is 4.48. The molecule has 0 saturated carbocycles. The van der Waals surface area contributed by atoms with E-state index in [0.29, 0.717) is 18.7 Å². The Morgan fingerprint density at radius 3 is 2.58 bits per heavy atom. The third kappa shape index (κ3) is 5.00. The van der Waals surface area contributed by atoms with Gasteiger partial charge in [-0.3, -0.25) is 14.5 Å². The monoisotopic (exact) mass is 352 g/mol. The molecule has 0 spiro atoms. The molecule has 136 valence electrons. The van der Waals surface area contributed by atoms with Crippen LogP contribution >= 0.6 is 0 Å². The van der Waals surface area contributed by atoms with E-state index in [-0.39, 0.29) is 6.10 Å². The molecule has 1 unspecified atom stereocenters. The van der Waals surface area contributed by atoms with Gasteiger partial charge in [0, 0.05) is 31.7 Å². The summed E-state index contributed by atoms with van der Waals surface area (Å²) in [6.07, 6.45) is -0.109. The minimum atomic E-state index is -0.586. The molecule has 2 aromatic carbocycles. The number of carbonyl (C=O) groups is 2. The molecule has 1 N–H and O–H groups in total. The summed E-state index contributed by atoms with van der Waals surface area (Å²) >= 11 is 0. The second kappa shape index (κ2) is 8.74. The van der Waals surface area contributed by atoms with E-state index < -0.39 is 11.7 Å². The van der Waals surface area contributed by atoms with E-state index in [2.05, 4.69) is 22.3 Å². The maximum Gasteiger partial charge on any atom is 0.292 e. The molecule has 1 atom stereocenters. The molecule has 5 heteroatoms. The van der Waals surface area contributed by atoms with Crippen molar-refractivity contribution in [1.82, 2.24) is 10.2 Å². The molecule has 1 saturated heterocycles. The smallest absolute Gasteiger partial charge is 0.292 e. The zero-order valence-electron chi connectivity index (χ0n) is 15.0. The Kier molecular flexibility index (Phi) is 6.15. The summed E-state index contributed by atoms with van der Waals surface area (Å²) in [7, 11) is 0. The highest BCUT2D eigenvalue weighted by Crippen LogP contribution is 2.10. The Morgan fingerprint density at radius 2 is 1.85 bits per heavy atom. The summed E-state index contributed by atoms with van der Waals surface area (Å²) in [6, 6.07) is 17.3. The lowest BCUT2D eigenvalue weighted by atomic mass is 10.1. The highest BCUT2D eigenvalue weighted by molar-refractivity contribution is 6.42. The first kappa shape index (κ1) is 18.3. The van der Waals surface area contributed by atoms with Crippen molar-refractivity contribution in [2.45, 2.75) is 19.6 Å². The average molecular weight is 352 g/mol. The number of rotatable bonds is 6. The Hall–Kier alpha value is -2.50. The van der Waals surface area contributed by atoms with Gasteiger partial charge in [-0.2, -0.15) is 0 Å². The van der Waals surface area contributed by atoms with Crippen LogP contribution in [-0.4, -0.2) is 48.9 Å². The molecular formula is C21H24N2O3. The van der Waals surface area contributed by atoms with Crippen LogP contribution in [0.25, 0.3) is 0 Å². The number of hydrogen-bond donors (Lipinski definition) is 1. The molecule has 0 aromatic heterocycles. The summed E-state index contributed by atoms with van der Waals surface area (Å²) in [6.45, 7) is 5.35. The first-order valence-electron chi connectivity index (χ1n) is 8.89. The van der Waals surface area contributed by atoms with Crippen LogP contribution in [0.2, 0.25) is 0 Å². The fourth-order valence-corrected chi connectivity index (χ4v) is 3.01. The van der Waals surface area contributed by atoms with Crippen molar-refractivity contribution in [3.8, 4) is 0 Å². The van der Waals surface area contributed by atoms with Gasteiger partial charge in [-0.1, -0.05) is 60.2 Å². The van der Waals surface area contributed by atoms with Gasteiger partial charge in [0.05, 0.1) is 12.7 Å². The van der Waals surface area contributed by atoms with Gasteiger partial charge in [0.25, 0.3) is 5.91 Å². The highest BCUT2D eigenvalue weighted by atomic mass is 16.5. The predicted molar refractivity (Wildman–Crippen MR) is 100.0 cm³/mol. The van der Waals surface area contributed by atoms with Gasteiger partial charge in [-0.15, -0.1) is 0 Å². The van der Waals surface area contributed by atoms with Crippen LogP contribution in [0.15, 0.2) is 54.6 Å². The molecule has 26 heavy (non-hydrogen) atoms. The normalized spacial score (nSPS) is 17.7. The molecule has 1 amide bonds. The summed E-state index contributed by atoms with van der Waals surface area (Å²) in [5.41, 5.74) is 2.71. The van der Waals surface area contributed by atoms with E-state index in [4.69, 9.17) is 4.74 Å². The molecule has 1 fully saturated rings. The van der Waals surface area contributed by atoms with Crippen molar-refractivity contribution in [1.29, 1.82) is 0 Å². The van der Waals surface area contributed by atoms with Gasteiger partial charge in [-0.05, 0) is 12.5 Å². The SMILES string of the molecule is Cc1ccc(C(=O)C(=O)NCC2CN(Cc3ccccc3)CCO2)cc1. The largest absolute Gasteiger partial charge is 0.374 e. The lowest BCUT2D eigenvalue weighted by molar-refractivity contribution is -0.118. The Labute approximate surface area is 154 Å². The van der Waals surface area contributed by atoms with Crippen molar-refractivity contribution in [3.05, 3.63) is 71.3 Å². The van der Waals surface area contributed by atoms with Crippen molar-refractivity contribution < 1.29 is 14.3 Å². The van der Waals surface area contributed by atoms with Crippen molar-refractivity contribution >= 4 is 11.7 Å². The standard InChI is InChI=1S/C21H24N2O3/c1-16-7-9-18(10-8-16)20(24)21(25)22-13-19-15-23(11-12-26-19)14-17-5-3-2-4-6-17/h2-10,19H,11-15H2,1H3,(H,22,25). The van der Waals surface area contributed by atoms with E-state index in [9.17, 15) is 9.59 Å². The highest BCUT2D eigenvalue weighted by Gasteiger charge is 2.23. The number of nitrogens with one attached hydrogen (secondary N) is 1. The molecule has 1 aliphatic heterocycles. The number of carbonyl (C=O) groups excluding carboxylic acids is 2. The van der Waals surface area contributed by atoms with Gasteiger partial charge in [0.15, 0.2) is 0 Å². The topological polar surface area (TPSA) is 58.6 Å². The molecule has 3 rings (SSSR count). The molecule has 0 aliphatic carbocycles. The number of nitrogens with zero attached hydrogens (tertiary/aromatic N) is 1. The number of Topliss-reactive ketones (excluding diaryl/α,β-unsaturated/α-hetero) is 1. The lowest BCUT2D eigenvalue weighted by Gasteiger charge is -2.33. The first-order chi connectivity index (χ1) is 12.6. The van der Waals surface area contributed by atoms with Gasteiger partial charge in [-0.25, -0.2) is 0 Å².